The number of nitrogens with zero attached hydrogens (tertiary/aromatic N) is 5. The Morgan fingerprint density at radius 3 is 2.57 bits per heavy atom. The number of nitrogens with one attached hydrogen (secondary N) is 1. The minimum Gasteiger partial charge on any atom is -0.465 e. The molecule has 0 amide bonds. The van der Waals surface area contributed by atoms with Crippen LogP contribution in [-0.2, 0) is 9.47 Å². The molecule has 0 atom stereocenters. The molecule has 1 aliphatic heterocycles. The summed E-state index contributed by atoms with van der Waals surface area (Å²) < 4.78 is 38.3. The van der Waals surface area contributed by atoms with E-state index >= 15 is 0 Å². The first-order chi connectivity index (χ1) is 14.5. The Labute approximate surface area is 170 Å². The topological polar surface area (TPSA) is 94.4 Å². The van der Waals surface area contributed by atoms with Crippen LogP contribution in [0.5, 0.6) is 0 Å². The van der Waals surface area contributed by atoms with Crippen LogP contribution in [0, 0.1) is 11.6 Å². The number of methoxy groups -OCH3 is 1. The minimum atomic E-state index is -0.724. The highest BCUT2D eigenvalue weighted by Crippen LogP contribution is 2.22. The van der Waals surface area contributed by atoms with Crippen LogP contribution < -0.4 is 10.2 Å². The molecule has 3 aromatic rings. The molecular weight excluding hydrogens is 398 g/mol. The first-order valence-electron chi connectivity index (χ1n) is 9.10. The van der Waals surface area contributed by atoms with Crippen LogP contribution in [0.1, 0.15) is 10.4 Å². The fourth-order valence-corrected chi connectivity index (χ4v) is 3.00. The van der Waals surface area contributed by atoms with E-state index in [4.69, 9.17) is 9.47 Å². The van der Waals surface area contributed by atoms with Gasteiger partial charge in [0.2, 0.25) is 5.95 Å². The Hall–Kier alpha value is -3.60. The molecule has 0 bridgehead atoms. The van der Waals surface area contributed by atoms with Crippen LogP contribution in [0.3, 0.4) is 0 Å². The Morgan fingerprint density at radius 1 is 1.13 bits per heavy atom. The van der Waals surface area contributed by atoms with Crippen LogP contribution in [0.2, 0.25) is 0 Å². The van der Waals surface area contributed by atoms with Crippen molar-refractivity contribution in [2.75, 3.05) is 43.6 Å². The number of rotatable bonds is 5. The lowest BCUT2D eigenvalue weighted by atomic mass is 10.2. The van der Waals surface area contributed by atoms with E-state index in [-0.39, 0.29) is 11.6 Å². The Balaban J connectivity index is 1.62. The summed E-state index contributed by atoms with van der Waals surface area (Å²) in [6.45, 7) is 2.39. The third-order valence-electron chi connectivity index (χ3n) is 4.41. The van der Waals surface area contributed by atoms with Crippen molar-refractivity contribution in [1.29, 1.82) is 0 Å². The molecule has 156 valence electrons. The van der Waals surface area contributed by atoms with Crippen molar-refractivity contribution < 1.29 is 23.0 Å². The van der Waals surface area contributed by atoms with Crippen LogP contribution in [-0.4, -0.2) is 59.1 Å². The normalized spacial score (nSPS) is 13.9. The Morgan fingerprint density at radius 2 is 1.87 bits per heavy atom. The summed E-state index contributed by atoms with van der Waals surface area (Å²) in [5.41, 5.74) is 0.487. The minimum absolute atomic E-state index is 0.141. The first-order valence-corrected chi connectivity index (χ1v) is 9.10. The summed E-state index contributed by atoms with van der Waals surface area (Å²) in [6, 6.07) is 6.19. The van der Waals surface area contributed by atoms with Gasteiger partial charge in [-0.05, 0) is 24.3 Å². The molecule has 1 aromatic carbocycles. The van der Waals surface area contributed by atoms with Crippen molar-refractivity contribution in [2.24, 2.45) is 0 Å². The second-order valence-corrected chi connectivity index (χ2v) is 6.46. The molecule has 0 unspecified atom stereocenters. The summed E-state index contributed by atoms with van der Waals surface area (Å²) in [4.78, 5) is 22.7. The highest BCUT2D eigenvalue weighted by atomic mass is 19.1. The average Bonchev–Trinajstić information content (AvgIpc) is 3.21. The highest BCUT2D eigenvalue weighted by molar-refractivity contribution is 5.91. The predicted molar refractivity (Wildman–Crippen MR) is 103 cm³/mol. The van der Waals surface area contributed by atoms with Gasteiger partial charge in [-0.2, -0.15) is 4.98 Å². The zero-order valence-corrected chi connectivity index (χ0v) is 16.0. The lowest BCUT2D eigenvalue weighted by Crippen LogP contribution is -2.37. The summed E-state index contributed by atoms with van der Waals surface area (Å²) in [5.74, 6) is -0.918. The Kier molecular flexibility index (Phi) is 5.53. The molecule has 0 aliphatic carbocycles. The molecule has 0 saturated carbocycles. The molecule has 9 nitrogen and oxygen atoms in total. The standard InChI is InChI=1S/C19H18F2N6O3/c1-29-18(28)12-6-16(23-17(7-12)26-2-4-30-5-3-26)24-19-22-11-27(25-19)15-9-13(20)8-14(21)10-15/h6-11H,2-5H2,1H3,(H,23,24,25). The molecular formula is C19H18F2N6O3. The molecule has 11 heteroatoms. The van der Waals surface area contributed by atoms with E-state index < -0.39 is 17.6 Å². The average molecular weight is 416 g/mol. The molecule has 1 fully saturated rings. The van der Waals surface area contributed by atoms with E-state index in [0.29, 0.717) is 43.5 Å². The number of hydrogen-bond donors (Lipinski definition) is 1. The fourth-order valence-electron chi connectivity index (χ4n) is 3.00. The number of benzene rings is 1. The van der Waals surface area contributed by atoms with Gasteiger partial charge in [-0.25, -0.2) is 23.2 Å². The number of halogens is 2. The molecule has 0 radical (unpaired) electrons. The predicted octanol–water partition coefficient (Wildman–Crippen LogP) is 2.31. The number of aromatic nitrogens is 4. The van der Waals surface area contributed by atoms with Crippen molar-refractivity contribution in [3.63, 3.8) is 0 Å². The number of anilines is 3. The van der Waals surface area contributed by atoms with Gasteiger partial charge in [0, 0.05) is 19.2 Å². The van der Waals surface area contributed by atoms with Crippen molar-refractivity contribution >= 4 is 23.6 Å². The lowest BCUT2D eigenvalue weighted by Gasteiger charge is -2.28. The zero-order chi connectivity index (χ0) is 21.1. The van der Waals surface area contributed by atoms with E-state index in [1.807, 2.05) is 4.90 Å². The lowest BCUT2D eigenvalue weighted by molar-refractivity contribution is 0.0600. The number of morpholine rings is 1. The summed E-state index contributed by atoms with van der Waals surface area (Å²) in [7, 11) is 1.30. The van der Waals surface area contributed by atoms with E-state index in [1.165, 1.54) is 24.2 Å². The molecule has 3 heterocycles. The van der Waals surface area contributed by atoms with Gasteiger partial charge in [0.15, 0.2) is 0 Å². The fraction of sp³-hybridized carbons (Fsp3) is 0.263. The van der Waals surface area contributed by atoms with E-state index in [1.54, 1.807) is 6.07 Å². The largest absolute Gasteiger partial charge is 0.465 e. The maximum atomic E-state index is 13.5. The molecule has 1 N–H and O–H groups in total. The number of hydrogen-bond acceptors (Lipinski definition) is 8. The second-order valence-electron chi connectivity index (χ2n) is 6.46. The summed E-state index contributed by atoms with van der Waals surface area (Å²) in [6.07, 6.45) is 1.31. The maximum Gasteiger partial charge on any atom is 0.338 e. The van der Waals surface area contributed by atoms with Gasteiger partial charge >= 0.3 is 5.97 Å². The van der Waals surface area contributed by atoms with Crippen LogP contribution in [0.25, 0.3) is 5.69 Å². The van der Waals surface area contributed by atoms with Crippen molar-refractivity contribution in [1.82, 2.24) is 19.7 Å². The van der Waals surface area contributed by atoms with E-state index in [0.717, 1.165) is 18.2 Å². The SMILES string of the molecule is COC(=O)c1cc(Nc2ncn(-c3cc(F)cc(F)c3)n2)nc(N2CCOCC2)c1. The van der Waals surface area contributed by atoms with Gasteiger partial charge in [0.25, 0.3) is 0 Å². The monoisotopic (exact) mass is 416 g/mol. The molecule has 30 heavy (non-hydrogen) atoms. The summed E-state index contributed by atoms with van der Waals surface area (Å²) >= 11 is 0. The van der Waals surface area contributed by atoms with Crippen molar-refractivity contribution in [2.45, 2.75) is 0 Å². The van der Waals surface area contributed by atoms with Gasteiger partial charge in [-0.3, -0.25) is 0 Å². The van der Waals surface area contributed by atoms with Gasteiger partial charge < -0.3 is 19.7 Å². The molecule has 2 aromatic heterocycles. The number of pyridine rings is 1. The van der Waals surface area contributed by atoms with Gasteiger partial charge in [0.1, 0.15) is 29.6 Å². The van der Waals surface area contributed by atoms with Crippen LogP contribution >= 0.6 is 0 Å². The third kappa shape index (κ3) is 4.35. The van der Waals surface area contributed by atoms with Gasteiger partial charge in [-0.15, -0.1) is 5.10 Å². The van der Waals surface area contributed by atoms with Crippen LogP contribution in [0.15, 0.2) is 36.7 Å². The number of carbonyl (C=O) groups excluding carboxylic acids is 1. The van der Waals surface area contributed by atoms with E-state index in [2.05, 4.69) is 20.4 Å². The van der Waals surface area contributed by atoms with Gasteiger partial charge in [-0.1, -0.05) is 0 Å². The van der Waals surface area contributed by atoms with E-state index in [9.17, 15) is 13.6 Å². The third-order valence-corrected chi connectivity index (χ3v) is 4.41. The quantitative estimate of drug-likeness (QED) is 0.634. The van der Waals surface area contributed by atoms with Crippen molar-refractivity contribution in [3.8, 4) is 5.69 Å². The highest BCUT2D eigenvalue weighted by Gasteiger charge is 2.18. The molecule has 1 saturated heterocycles. The number of esters is 1. The zero-order valence-electron chi connectivity index (χ0n) is 16.0. The first kappa shape index (κ1) is 19.7. The van der Waals surface area contributed by atoms with Crippen LogP contribution in [0.4, 0.5) is 26.4 Å². The Bertz CT molecular complexity index is 1050. The number of carbonyl (C=O) groups is 1. The second kappa shape index (κ2) is 8.41. The van der Waals surface area contributed by atoms with Gasteiger partial charge in [0.05, 0.1) is 31.6 Å². The molecule has 4 rings (SSSR count). The molecule has 0 spiro atoms. The molecule has 1 aliphatic rings. The maximum absolute atomic E-state index is 13.5. The summed E-state index contributed by atoms with van der Waals surface area (Å²) in [5, 5.41) is 7.08. The number of ether oxygens (including phenoxy) is 2. The van der Waals surface area contributed by atoms with Crippen molar-refractivity contribution in [3.05, 3.63) is 53.9 Å². The smallest absolute Gasteiger partial charge is 0.338 e.